The zero-order valence-electron chi connectivity index (χ0n) is 9.58. The number of rotatable bonds is 3. The highest BCUT2D eigenvalue weighted by atomic mass is 16.4. The zero-order chi connectivity index (χ0) is 13.0. The number of carbonyl (C=O) groups is 1. The standard InChI is InChI=1S/C15H12O3/c16-13-8-6-12(7-9-15(17)18)14(10-13)11-4-2-1-3-5-11/h1-10,16H,(H,17,18)/b9-7+. The van der Waals surface area contributed by atoms with E-state index in [1.807, 2.05) is 30.3 Å². The van der Waals surface area contributed by atoms with E-state index in [1.165, 1.54) is 12.1 Å². The molecular formula is C15H12O3. The lowest BCUT2D eigenvalue weighted by Crippen LogP contribution is -1.87. The number of aromatic hydroxyl groups is 1. The van der Waals surface area contributed by atoms with E-state index in [0.717, 1.165) is 22.8 Å². The Hall–Kier alpha value is -2.55. The first-order chi connectivity index (χ1) is 8.66. The summed E-state index contributed by atoms with van der Waals surface area (Å²) < 4.78 is 0. The molecule has 0 unspecified atom stereocenters. The highest BCUT2D eigenvalue weighted by Crippen LogP contribution is 2.28. The second-order valence-corrected chi connectivity index (χ2v) is 3.81. The Balaban J connectivity index is 2.51. The van der Waals surface area contributed by atoms with Crippen LogP contribution in [0.3, 0.4) is 0 Å². The molecule has 0 atom stereocenters. The average molecular weight is 240 g/mol. The summed E-state index contributed by atoms with van der Waals surface area (Å²) in [6, 6.07) is 14.4. The molecule has 3 heteroatoms. The number of carboxylic acids is 1. The summed E-state index contributed by atoms with van der Waals surface area (Å²) in [6.45, 7) is 0. The highest BCUT2D eigenvalue weighted by molar-refractivity contribution is 5.88. The Morgan fingerprint density at radius 3 is 2.44 bits per heavy atom. The molecule has 0 fully saturated rings. The van der Waals surface area contributed by atoms with Gasteiger partial charge >= 0.3 is 5.97 Å². The fourth-order valence-corrected chi connectivity index (χ4v) is 1.72. The van der Waals surface area contributed by atoms with E-state index in [1.54, 1.807) is 12.1 Å². The van der Waals surface area contributed by atoms with E-state index >= 15 is 0 Å². The van der Waals surface area contributed by atoms with E-state index < -0.39 is 5.97 Å². The number of phenols is 1. The molecule has 0 aromatic heterocycles. The predicted octanol–water partition coefficient (Wildman–Crippen LogP) is 3.16. The molecule has 0 aliphatic heterocycles. The number of phenolic OH excluding ortho intramolecular Hbond substituents is 1. The summed E-state index contributed by atoms with van der Waals surface area (Å²) in [5, 5.41) is 18.2. The molecule has 18 heavy (non-hydrogen) atoms. The molecule has 0 amide bonds. The van der Waals surface area contributed by atoms with E-state index in [0.29, 0.717) is 0 Å². The zero-order valence-corrected chi connectivity index (χ0v) is 9.58. The quantitative estimate of drug-likeness (QED) is 0.810. The van der Waals surface area contributed by atoms with Crippen LogP contribution in [0.1, 0.15) is 5.56 Å². The molecule has 2 rings (SSSR count). The first-order valence-electron chi connectivity index (χ1n) is 5.46. The number of carboxylic acid groups (broad SMARTS) is 1. The van der Waals surface area contributed by atoms with Crippen molar-refractivity contribution in [1.82, 2.24) is 0 Å². The normalized spacial score (nSPS) is 10.7. The Morgan fingerprint density at radius 2 is 1.78 bits per heavy atom. The van der Waals surface area contributed by atoms with Gasteiger partial charge in [0.2, 0.25) is 0 Å². The molecule has 0 heterocycles. The molecule has 3 nitrogen and oxygen atoms in total. The van der Waals surface area contributed by atoms with Crippen LogP contribution in [0.5, 0.6) is 5.75 Å². The minimum atomic E-state index is -0.998. The van der Waals surface area contributed by atoms with Crippen LogP contribution in [-0.2, 0) is 4.79 Å². The molecule has 0 aliphatic carbocycles. The fourth-order valence-electron chi connectivity index (χ4n) is 1.72. The molecule has 0 saturated heterocycles. The van der Waals surface area contributed by atoms with Crippen LogP contribution in [0.15, 0.2) is 54.6 Å². The van der Waals surface area contributed by atoms with Gasteiger partial charge in [-0.15, -0.1) is 0 Å². The van der Waals surface area contributed by atoms with Crippen LogP contribution in [0.25, 0.3) is 17.2 Å². The number of benzene rings is 2. The largest absolute Gasteiger partial charge is 0.508 e. The Labute approximate surface area is 105 Å². The van der Waals surface area contributed by atoms with Gasteiger partial charge in [0.15, 0.2) is 0 Å². The van der Waals surface area contributed by atoms with Gasteiger partial charge < -0.3 is 10.2 Å². The molecule has 0 spiro atoms. The second-order valence-electron chi connectivity index (χ2n) is 3.81. The Kier molecular flexibility index (Phi) is 3.44. The molecule has 90 valence electrons. The minimum Gasteiger partial charge on any atom is -0.508 e. The third kappa shape index (κ3) is 2.77. The summed E-state index contributed by atoms with van der Waals surface area (Å²) in [7, 11) is 0. The van der Waals surface area contributed by atoms with Gasteiger partial charge in [-0.3, -0.25) is 0 Å². The van der Waals surface area contributed by atoms with Crippen LogP contribution >= 0.6 is 0 Å². The maximum atomic E-state index is 10.6. The first kappa shape index (κ1) is 11.9. The predicted molar refractivity (Wildman–Crippen MR) is 70.2 cm³/mol. The van der Waals surface area contributed by atoms with Crippen molar-refractivity contribution in [3.63, 3.8) is 0 Å². The molecule has 2 N–H and O–H groups in total. The van der Waals surface area contributed by atoms with Gasteiger partial charge in [0.05, 0.1) is 0 Å². The molecular weight excluding hydrogens is 228 g/mol. The van der Waals surface area contributed by atoms with Crippen LogP contribution in [0, 0.1) is 0 Å². The molecule has 0 bridgehead atoms. The molecule has 0 saturated carbocycles. The summed E-state index contributed by atoms with van der Waals surface area (Å²) >= 11 is 0. The average Bonchev–Trinajstić information content (AvgIpc) is 2.38. The van der Waals surface area contributed by atoms with Crippen LogP contribution in [0.2, 0.25) is 0 Å². The van der Waals surface area contributed by atoms with Crippen molar-refractivity contribution in [3.8, 4) is 16.9 Å². The van der Waals surface area contributed by atoms with Gasteiger partial charge in [-0.05, 0) is 34.9 Å². The van der Waals surface area contributed by atoms with Gasteiger partial charge in [0.25, 0.3) is 0 Å². The monoisotopic (exact) mass is 240 g/mol. The maximum Gasteiger partial charge on any atom is 0.328 e. The third-order valence-electron chi connectivity index (χ3n) is 2.53. The van der Waals surface area contributed by atoms with E-state index in [9.17, 15) is 9.90 Å². The van der Waals surface area contributed by atoms with Crippen molar-refractivity contribution >= 4 is 12.0 Å². The second kappa shape index (κ2) is 5.19. The lowest BCUT2D eigenvalue weighted by molar-refractivity contribution is -0.131. The van der Waals surface area contributed by atoms with Crippen molar-refractivity contribution in [2.75, 3.05) is 0 Å². The third-order valence-corrected chi connectivity index (χ3v) is 2.53. The first-order valence-corrected chi connectivity index (χ1v) is 5.46. The van der Waals surface area contributed by atoms with Gasteiger partial charge in [-0.25, -0.2) is 4.79 Å². The van der Waals surface area contributed by atoms with Gasteiger partial charge in [-0.2, -0.15) is 0 Å². The summed E-state index contributed by atoms with van der Waals surface area (Å²) in [6.07, 6.45) is 2.60. The van der Waals surface area contributed by atoms with E-state index in [-0.39, 0.29) is 5.75 Å². The van der Waals surface area contributed by atoms with Crippen molar-refractivity contribution in [2.24, 2.45) is 0 Å². The molecule has 2 aromatic rings. The van der Waals surface area contributed by atoms with Gasteiger partial charge in [0.1, 0.15) is 5.75 Å². The lowest BCUT2D eigenvalue weighted by Gasteiger charge is -2.07. The van der Waals surface area contributed by atoms with Crippen molar-refractivity contribution in [1.29, 1.82) is 0 Å². The van der Waals surface area contributed by atoms with Gasteiger partial charge in [0, 0.05) is 6.08 Å². The minimum absolute atomic E-state index is 0.154. The smallest absolute Gasteiger partial charge is 0.328 e. The summed E-state index contributed by atoms with van der Waals surface area (Å²) in [5.74, 6) is -0.844. The van der Waals surface area contributed by atoms with Crippen molar-refractivity contribution < 1.29 is 15.0 Å². The molecule has 0 radical (unpaired) electrons. The summed E-state index contributed by atoms with van der Waals surface area (Å²) in [4.78, 5) is 10.6. The molecule has 2 aromatic carbocycles. The van der Waals surface area contributed by atoms with Crippen molar-refractivity contribution in [2.45, 2.75) is 0 Å². The number of hydrogen-bond acceptors (Lipinski definition) is 2. The van der Waals surface area contributed by atoms with E-state index in [4.69, 9.17) is 5.11 Å². The summed E-state index contributed by atoms with van der Waals surface area (Å²) in [5.41, 5.74) is 2.48. The van der Waals surface area contributed by atoms with Crippen LogP contribution in [0.4, 0.5) is 0 Å². The van der Waals surface area contributed by atoms with Crippen molar-refractivity contribution in [3.05, 3.63) is 60.2 Å². The lowest BCUT2D eigenvalue weighted by atomic mass is 9.99. The topological polar surface area (TPSA) is 57.5 Å². The highest BCUT2D eigenvalue weighted by Gasteiger charge is 2.04. The Bertz CT molecular complexity index is 586. The molecule has 0 aliphatic rings. The van der Waals surface area contributed by atoms with Gasteiger partial charge in [-0.1, -0.05) is 36.4 Å². The SMILES string of the molecule is O=C(O)/C=C/c1ccc(O)cc1-c1ccccc1. The van der Waals surface area contributed by atoms with Crippen LogP contribution in [-0.4, -0.2) is 16.2 Å². The maximum absolute atomic E-state index is 10.6. The number of aliphatic carboxylic acids is 1. The number of hydrogen-bond donors (Lipinski definition) is 2. The van der Waals surface area contributed by atoms with Crippen LogP contribution < -0.4 is 0 Å². The van der Waals surface area contributed by atoms with E-state index in [2.05, 4.69) is 0 Å². The fraction of sp³-hybridized carbons (Fsp3) is 0. The Morgan fingerprint density at radius 1 is 1.06 bits per heavy atom.